The third-order valence-electron chi connectivity index (χ3n) is 5.97. The summed E-state index contributed by atoms with van der Waals surface area (Å²) in [6, 6.07) is 9.09. The van der Waals surface area contributed by atoms with Crippen LogP contribution in [0.1, 0.15) is 59.5 Å². The van der Waals surface area contributed by atoms with Crippen molar-refractivity contribution in [3.05, 3.63) is 53.2 Å². The molecule has 0 unspecified atom stereocenters. The fourth-order valence-electron chi connectivity index (χ4n) is 3.95. The number of rotatable bonds is 7. The third kappa shape index (κ3) is 5.25. The number of aryl methyl sites for hydroxylation is 2. The zero-order valence-electron chi connectivity index (χ0n) is 17.0. The molecule has 154 valence electrons. The number of benzene rings is 1. The number of aromatic nitrogens is 1. The average Bonchev–Trinajstić information content (AvgIpc) is 3.44. The Balaban J connectivity index is 1.21. The zero-order valence-corrected chi connectivity index (χ0v) is 17.0. The van der Waals surface area contributed by atoms with Crippen molar-refractivity contribution >= 4 is 11.8 Å². The van der Waals surface area contributed by atoms with E-state index in [1.165, 1.54) is 17.5 Å². The van der Waals surface area contributed by atoms with Gasteiger partial charge in [-0.15, -0.1) is 0 Å². The van der Waals surface area contributed by atoms with E-state index in [0.717, 1.165) is 51.6 Å². The largest absolute Gasteiger partial charge is 0.438 e. The van der Waals surface area contributed by atoms with E-state index in [-0.39, 0.29) is 11.8 Å². The van der Waals surface area contributed by atoms with Gasteiger partial charge in [-0.25, -0.2) is 4.98 Å². The first kappa shape index (κ1) is 19.7. The molecule has 1 saturated heterocycles. The maximum Gasteiger partial charge on any atom is 0.291 e. The maximum atomic E-state index is 12.5. The summed E-state index contributed by atoms with van der Waals surface area (Å²) < 4.78 is 5.24. The van der Waals surface area contributed by atoms with Crippen molar-refractivity contribution in [2.24, 2.45) is 5.92 Å². The molecule has 6 nitrogen and oxygen atoms in total. The zero-order chi connectivity index (χ0) is 20.2. The molecule has 1 aliphatic carbocycles. The lowest BCUT2D eigenvalue weighted by atomic mass is 9.89. The highest BCUT2D eigenvalue weighted by atomic mass is 16.3. The number of likely N-dealkylation sites (tertiary alicyclic amines) is 1. The van der Waals surface area contributed by atoms with Crippen LogP contribution < -0.4 is 5.32 Å². The van der Waals surface area contributed by atoms with Gasteiger partial charge in [0, 0.05) is 25.6 Å². The van der Waals surface area contributed by atoms with Crippen LogP contribution in [0.3, 0.4) is 0 Å². The molecule has 6 heteroatoms. The standard InChI is InChI=1S/C23H29N3O3/c1-16-22(29-15-24-16)23(28)26-12-10-19(11-13-26)14-18-4-2-17(3-5-18)6-9-21(27)25-20-7-8-20/h2-5,15,19-20H,6-14H2,1H3,(H,25,27). The summed E-state index contributed by atoms with van der Waals surface area (Å²) in [4.78, 5) is 30.2. The SMILES string of the molecule is Cc1ncoc1C(=O)N1CCC(Cc2ccc(CCC(=O)NC3CC3)cc2)CC1. The van der Waals surface area contributed by atoms with Crippen LogP contribution in [0.5, 0.6) is 0 Å². The highest BCUT2D eigenvalue weighted by molar-refractivity contribution is 5.92. The molecular weight excluding hydrogens is 366 g/mol. The Bertz CT molecular complexity index is 847. The lowest BCUT2D eigenvalue weighted by Gasteiger charge is -2.31. The number of hydrogen-bond acceptors (Lipinski definition) is 4. The molecule has 1 aromatic carbocycles. The van der Waals surface area contributed by atoms with Crippen molar-refractivity contribution < 1.29 is 14.0 Å². The number of piperidine rings is 1. The first-order chi connectivity index (χ1) is 14.1. The third-order valence-corrected chi connectivity index (χ3v) is 5.97. The minimum atomic E-state index is -0.0477. The first-order valence-electron chi connectivity index (χ1n) is 10.6. The van der Waals surface area contributed by atoms with Crippen LogP contribution in [-0.4, -0.2) is 40.8 Å². The maximum absolute atomic E-state index is 12.5. The van der Waals surface area contributed by atoms with Crippen LogP contribution >= 0.6 is 0 Å². The second-order valence-corrected chi connectivity index (χ2v) is 8.36. The highest BCUT2D eigenvalue weighted by Gasteiger charge is 2.27. The molecule has 2 fully saturated rings. The molecule has 1 N–H and O–H groups in total. The van der Waals surface area contributed by atoms with Gasteiger partial charge in [0.25, 0.3) is 5.91 Å². The predicted molar refractivity (Wildman–Crippen MR) is 109 cm³/mol. The summed E-state index contributed by atoms with van der Waals surface area (Å²) in [5.41, 5.74) is 3.19. The Morgan fingerprint density at radius 3 is 2.41 bits per heavy atom. The number of nitrogens with zero attached hydrogens (tertiary/aromatic N) is 2. The normalized spacial score (nSPS) is 17.3. The molecule has 1 aliphatic heterocycles. The van der Waals surface area contributed by atoms with Crippen LogP contribution in [-0.2, 0) is 17.6 Å². The van der Waals surface area contributed by atoms with Crippen LogP contribution in [0.15, 0.2) is 35.1 Å². The second kappa shape index (κ2) is 8.80. The molecule has 29 heavy (non-hydrogen) atoms. The van der Waals surface area contributed by atoms with Gasteiger partial charge in [-0.05, 0) is 62.5 Å². The summed E-state index contributed by atoms with van der Waals surface area (Å²) in [6.07, 6.45) is 7.99. The molecule has 0 radical (unpaired) electrons. The van der Waals surface area contributed by atoms with E-state index in [1.807, 2.05) is 4.90 Å². The van der Waals surface area contributed by atoms with Gasteiger partial charge in [0.2, 0.25) is 11.7 Å². The van der Waals surface area contributed by atoms with E-state index in [0.29, 0.717) is 29.8 Å². The number of amides is 2. The number of hydrogen-bond donors (Lipinski definition) is 1. The Morgan fingerprint density at radius 1 is 1.10 bits per heavy atom. The molecule has 4 rings (SSSR count). The van der Waals surface area contributed by atoms with Gasteiger partial charge in [-0.3, -0.25) is 9.59 Å². The highest BCUT2D eigenvalue weighted by Crippen LogP contribution is 2.24. The molecule has 2 aliphatic rings. The summed E-state index contributed by atoms with van der Waals surface area (Å²) in [5, 5.41) is 3.04. The summed E-state index contributed by atoms with van der Waals surface area (Å²) in [6.45, 7) is 3.32. The van der Waals surface area contributed by atoms with Gasteiger partial charge < -0.3 is 14.6 Å². The van der Waals surface area contributed by atoms with Gasteiger partial charge in [0.05, 0.1) is 5.69 Å². The summed E-state index contributed by atoms with van der Waals surface area (Å²) in [5.74, 6) is 1.07. The first-order valence-corrected chi connectivity index (χ1v) is 10.6. The fourth-order valence-corrected chi connectivity index (χ4v) is 3.95. The van der Waals surface area contributed by atoms with Crippen molar-refractivity contribution in [2.45, 2.75) is 57.9 Å². The Hall–Kier alpha value is -2.63. The topological polar surface area (TPSA) is 75.4 Å². The Kier molecular flexibility index (Phi) is 5.97. The van der Waals surface area contributed by atoms with E-state index in [1.54, 1.807) is 6.92 Å². The fraction of sp³-hybridized carbons (Fsp3) is 0.522. The molecule has 2 heterocycles. The summed E-state index contributed by atoms with van der Waals surface area (Å²) >= 11 is 0. The van der Waals surface area contributed by atoms with E-state index >= 15 is 0 Å². The number of oxazole rings is 1. The van der Waals surface area contributed by atoms with Gasteiger partial charge in [0.15, 0.2) is 6.39 Å². The van der Waals surface area contributed by atoms with Crippen LogP contribution in [0.2, 0.25) is 0 Å². The minimum Gasteiger partial charge on any atom is -0.438 e. The Morgan fingerprint density at radius 2 is 1.79 bits per heavy atom. The van der Waals surface area contributed by atoms with Crippen molar-refractivity contribution in [3.63, 3.8) is 0 Å². The monoisotopic (exact) mass is 395 g/mol. The minimum absolute atomic E-state index is 0.0477. The van der Waals surface area contributed by atoms with Gasteiger partial charge in [0.1, 0.15) is 0 Å². The lowest BCUT2D eigenvalue weighted by molar-refractivity contribution is -0.121. The van der Waals surface area contributed by atoms with Gasteiger partial charge in [-0.2, -0.15) is 0 Å². The van der Waals surface area contributed by atoms with Crippen molar-refractivity contribution in [1.82, 2.24) is 15.2 Å². The van der Waals surface area contributed by atoms with Crippen LogP contribution in [0, 0.1) is 12.8 Å². The van der Waals surface area contributed by atoms with Gasteiger partial charge >= 0.3 is 0 Å². The van der Waals surface area contributed by atoms with E-state index in [9.17, 15) is 9.59 Å². The smallest absolute Gasteiger partial charge is 0.291 e. The predicted octanol–water partition coefficient (Wildman–Crippen LogP) is 3.29. The molecule has 0 bridgehead atoms. The van der Waals surface area contributed by atoms with Crippen LogP contribution in [0.4, 0.5) is 0 Å². The molecule has 2 aromatic rings. The molecule has 0 spiro atoms. The molecule has 1 saturated carbocycles. The van der Waals surface area contributed by atoms with Crippen molar-refractivity contribution in [2.75, 3.05) is 13.1 Å². The number of carbonyl (C=O) groups is 2. The molecule has 0 atom stereocenters. The quantitative estimate of drug-likeness (QED) is 0.781. The average molecular weight is 396 g/mol. The van der Waals surface area contributed by atoms with Crippen molar-refractivity contribution in [3.8, 4) is 0 Å². The van der Waals surface area contributed by atoms with E-state index in [2.05, 4.69) is 34.6 Å². The van der Waals surface area contributed by atoms with Crippen LogP contribution in [0.25, 0.3) is 0 Å². The van der Waals surface area contributed by atoms with E-state index < -0.39 is 0 Å². The summed E-state index contributed by atoms with van der Waals surface area (Å²) in [7, 11) is 0. The lowest BCUT2D eigenvalue weighted by Crippen LogP contribution is -2.39. The number of nitrogens with one attached hydrogen (secondary N) is 1. The second-order valence-electron chi connectivity index (χ2n) is 8.36. The Labute approximate surface area is 171 Å². The number of carbonyl (C=O) groups excluding carboxylic acids is 2. The molecular formula is C23H29N3O3. The molecule has 1 aromatic heterocycles. The van der Waals surface area contributed by atoms with Crippen molar-refractivity contribution in [1.29, 1.82) is 0 Å². The molecule has 2 amide bonds. The van der Waals surface area contributed by atoms with Gasteiger partial charge in [-0.1, -0.05) is 24.3 Å². The van der Waals surface area contributed by atoms with E-state index in [4.69, 9.17) is 4.42 Å².